The smallest absolute Gasteiger partial charge is 0.312 e. The predicted molar refractivity (Wildman–Crippen MR) is 48.6 cm³/mol. The lowest BCUT2D eigenvalue weighted by Gasteiger charge is -2.33. The Bertz CT molecular complexity index is 278. The number of carbonyl (C=O) groups is 2. The molecule has 0 aromatic carbocycles. The summed E-state index contributed by atoms with van der Waals surface area (Å²) in [5.41, 5.74) is 0. The van der Waals surface area contributed by atoms with E-state index in [9.17, 15) is 9.59 Å². The first kappa shape index (κ1) is 8.23. The summed E-state index contributed by atoms with van der Waals surface area (Å²) >= 11 is 0. The van der Waals surface area contributed by atoms with E-state index in [1.165, 1.54) is 4.90 Å². The molecule has 0 aromatic heterocycles. The van der Waals surface area contributed by atoms with Crippen LogP contribution in [0.3, 0.4) is 0 Å². The van der Waals surface area contributed by atoms with Gasteiger partial charge in [-0.25, -0.2) is 4.79 Å². The molecule has 5 heteroatoms. The van der Waals surface area contributed by atoms with Crippen LogP contribution in [0.4, 0.5) is 4.79 Å². The van der Waals surface area contributed by atoms with Gasteiger partial charge in [-0.05, 0) is 12.8 Å². The molecule has 3 aliphatic rings. The summed E-state index contributed by atoms with van der Waals surface area (Å²) in [4.78, 5) is 26.9. The number of urea groups is 1. The van der Waals surface area contributed by atoms with E-state index in [-0.39, 0.29) is 24.0 Å². The van der Waals surface area contributed by atoms with Crippen molar-refractivity contribution in [3.63, 3.8) is 0 Å². The Balaban J connectivity index is 1.86. The van der Waals surface area contributed by atoms with Gasteiger partial charge in [0.05, 0.1) is 6.04 Å². The average molecular weight is 195 g/mol. The van der Waals surface area contributed by atoms with Gasteiger partial charge in [-0.3, -0.25) is 9.69 Å². The molecule has 3 fully saturated rings. The molecular formula is C9H13N3O2. The zero-order valence-corrected chi connectivity index (χ0v) is 7.90. The average Bonchev–Trinajstić information content (AvgIpc) is 2.62. The molecule has 0 spiro atoms. The molecule has 0 unspecified atom stereocenters. The standard InChI is InChI=1S/C9H13N3O2/c13-8-7-2-1-3-11(7)9(14)12(8)6-4-10-5-6/h6-7,10H,1-5H2/t7-/m1/s1. The van der Waals surface area contributed by atoms with E-state index >= 15 is 0 Å². The Morgan fingerprint density at radius 3 is 2.64 bits per heavy atom. The highest BCUT2D eigenvalue weighted by Gasteiger charge is 2.50. The fourth-order valence-electron chi connectivity index (χ4n) is 2.44. The van der Waals surface area contributed by atoms with E-state index in [1.807, 2.05) is 0 Å². The van der Waals surface area contributed by atoms with Crippen LogP contribution in [0, 0.1) is 0 Å². The lowest BCUT2D eigenvalue weighted by atomic mass is 10.1. The number of nitrogens with one attached hydrogen (secondary N) is 1. The van der Waals surface area contributed by atoms with Gasteiger partial charge in [0.2, 0.25) is 0 Å². The number of carbonyl (C=O) groups excluding carboxylic acids is 2. The third kappa shape index (κ3) is 0.877. The van der Waals surface area contributed by atoms with Crippen molar-refractivity contribution >= 4 is 11.9 Å². The summed E-state index contributed by atoms with van der Waals surface area (Å²) in [6.07, 6.45) is 1.82. The minimum absolute atomic E-state index is 0.0269. The second-order valence-electron chi connectivity index (χ2n) is 4.15. The highest BCUT2D eigenvalue weighted by molar-refractivity contribution is 6.05. The lowest BCUT2D eigenvalue weighted by Crippen LogP contribution is -2.59. The Labute approximate surface area is 82.0 Å². The van der Waals surface area contributed by atoms with Gasteiger partial charge in [0, 0.05) is 19.6 Å². The third-order valence-corrected chi connectivity index (χ3v) is 3.35. The molecule has 1 atom stereocenters. The quantitative estimate of drug-likeness (QED) is 0.568. The van der Waals surface area contributed by atoms with Crippen molar-refractivity contribution in [2.75, 3.05) is 19.6 Å². The van der Waals surface area contributed by atoms with Gasteiger partial charge >= 0.3 is 6.03 Å². The molecular weight excluding hydrogens is 182 g/mol. The highest BCUT2D eigenvalue weighted by Crippen LogP contribution is 2.29. The Hall–Kier alpha value is -1.10. The van der Waals surface area contributed by atoms with E-state index in [4.69, 9.17) is 0 Å². The molecule has 3 rings (SSSR count). The third-order valence-electron chi connectivity index (χ3n) is 3.35. The van der Waals surface area contributed by atoms with Gasteiger partial charge in [-0.15, -0.1) is 0 Å². The van der Waals surface area contributed by atoms with Gasteiger partial charge in [-0.1, -0.05) is 0 Å². The summed E-state index contributed by atoms with van der Waals surface area (Å²) in [5.74, 6) is 0.0269. The molecule has 5 nitrogen and oxygen atoms in total. The maximum Gasteiger partial charge on any atom is 0.327 e. The Kier molecular flexibility index (Phi) is 1.58. The van der Waals surface area contributed by atoms with Crippen molar-refractivity contribution in [3.05, 3.63) is 0 Å². The molecule has 14 heavy (non-hydrogen) atoms. The first-order valence-electron chi connectivity index (χ1n) is 5.13. The Morgan fingerprint density at radius 1 is 1.29 bits per heavy atom. The van der Waals surface area contributed by atoms with Crippen molar-refractivity contribution in [2.24, 2.45) is 0 Å². The summed E-state index contributed by atoms with van der Waals surface area (Å²) < 4.78 is 0. The van der Waals surface area contributed by atoms with Crippen LogP contribution in [0.1, 0.15) is 12.8 Å². The first-order chi connectivity index (χ1) is 6.79. The molecule has 3 amide bonds. The first-order valence-corrected chi connectivity index (χ1v) is 5.13. The monoisotopic (exact) mass is 195 g/mol. The maximum absolute atomic E-state index is 11.9. The van der Waals surface area contributed by atoms with Crippen LogP contribution in [0.15, 0.2) is 0 Å². The molecule has 76 valence electrons. The fraction of sp³-hybridized carbons (Fsp3) is 0.778. The zero-order valence-electron chi connectivity index (χ0n) is 7.90. The second-order valence-corrected chi connectivity index (χ2v) is 4.15. The number of amides is 3. The van der Waals surface area contributed by atoms with E-state index < -0.39 is 0 Å². The van der Waals surface area contributed by atoms with Crippen LogP contribution in [-0.4, -0.2) is 53.5 Å². The SMILES string of the molecule is O=C1[C@H]2CCCN2C(=O)N1C1CNC1. The molecule has 0 saturated carbocycles. The number of hydrogen-bond acceptors (Lipinski definition) is 3. The van der Waals surface area contributed by atoms with Crippen LogP contribution in [0.2, 0.25) is 0 Å². The van der Waals surface area contributed by atoms with Crippen LogP contribution in [0.25, 0.3) is 0 Å². The van der Waals surface area contributed by atoms with Crippen molar-refractivity contribution in [3.8, 4) is 0 Å². The molecule has 0 radical (unpaired) electrons. The maximum atomic E-state index is 11.9. The lowest BCUT2D eigenvalue weighted by molar-refractivity contribution is -0.130. The topological polar surface area (TPSA) is 52.7 Å². The van der Waals surface area contributed by atoms with Gasteiger partial charge < -0.3 is 10.2 Å². The van der Waals surface area contributed by atoms with Crippen molar-refractivity contribution in [1.29, 1.82) is 0 Å². The summed E-state index contributed by atoms with van der Waals surface area (Å²) in [7, 11) is 0. The molecule has 3 saturated heterocycles. The Morgan fingerprint density at radius 2 is 2.07 bits per heavy atom. The normalized spacial score (nSPS) is 32.4. The van der Waals surface area contributed by atoms with E-state index in [0.717, 1.165) is 32.5 Å². The number of nitrogens with zero attached hydrogens (tertiary/aromatic N) is 2. The summed E-state index contributed by atoms with van der Waals surface area (Å²) in [5, 5.41) is 3.08. The fourth-order valence-corrected chi connectivity index (χ4v) is 2.44. The second kappa shape index (κ2) is 2.70. The predicted octanol–water partition coefficient (Wildman–Crippen LogP) is -0.615. The molecule has 0 bridgehead atoms. The van der Waals surface area contributed by atoms with E-state index in [1.54, 1.807) is 4.90 Å². The number of rotatable bonds is 1. The van der Waals surface area contributed by atoms with Crippen molar-refractivity contribution in [2.45, 2.75) is 24.9 Å². The molecule has 1 N–H and O–H groups in total. The van der Waals surface area contributed by atoms with Crippen LogP contribution in [-0.2, 0) is 4.79 Å². The van der Waals surface area contributed by atoms with Gasteiger partial charge in [0.25, 0.3) is 5.91 Å². The minimum Gasteiger partial charge on any atom is -0.312 e. The van der Waals surface area contributed by atoms with Crippen LogP contribution >= 0.6 is 0 Å². The van der Waals surface area contributed by atoms with E-state index in [2.05, 4.69) is 5.32 Å². The highest BCUT2D eigenvalue weighted by atomic mass is 16.2. The minimum atomic E-state index is -0.136. The van der Waals surface area contributed by atoms with Gasteiger partial charge in [0.1, 0.15) is 6.04 Å². The van der Waals surface area contributed by atoms with Crippen LogP contribution < -0.4 is 5.32 Å². The number of fused-ring (bicyclic) bond motifs is 1. The molecule has 0 aromatic rings. The van der Waals surface area contributed by atoms with Crippen LogP contribution in [0.5, 0.6) is 0 Å². The molecule has 0 aliphatic carbocycles. The van der Waals surface area contributed by atoms with Gasteiger partial charge in [0.15, 0.2) is 0 Å². The number of imide groups is 1. The summed E-state index contributed by atoms with van der Waals surface area (Å²) in [6.45, 7) is 2.28. The van der Waals surface area contributed by atoms with Crippen molar-refractivity contribution < 1.29 is 9.59 Å². The molecule has 3 heterocycles. The number of hydrogen-bond donors (Lipinski definition) is 1. The largest absolute Gasteiger partial charge is 0.327 e. The van der Waals surface area contributed by atoms with Gasteiger partial charge in [-0.2, -0.15) is 0 Å². The molecule has 3 aliphatic heterocycles. The zero-order chi connectivity index (χ0) is 9.71. The van der Waals surface area contributed by atoms with Crippen molar-refractivity contribution in [1.82, 2.24) is 15.1 Å². The van der Waals surface area contributed by atoms with E-state index in [0.29, 0.717) is 0 Å². The summed E-state index contributed by atoms with van der Waals surface area (Å²) in [6, 6.07) is -0.0901.